The molecule has 1 N–H and O–H groups in total. The second kappa shape index (κ2) is 11.1. The molecular formula is C27H22Br2N2O5. The van der Waals surface area contributed by atoms with Crippen molar-refractivity contribution in [3.05, 3.63) is 91.9 Å². The molecule has 3 aromatic carbocycles. The van der Waals surface area contributed by atoms with Gasteiger partial charge in [-0.05, 0) is 87.2 Å². The van der Waals surface area contributed by atoms with Gasteiger partial charge in [0.2, 0.25) is 0 Å². The molecule has 0 saturated heterocycles. The Hall–Kier alpha value is -3.43. The quantitative estimate of drug-likeness (QED) is 0.286. The number of hydrogen-bond acceptors (Lipinski definition) is 5. The van der Waals surface area contributed by atoms with Crippen molar-refractivity contribution in [3.63, 3.8) is 0 Å². The van der Waals surface area contributed by atoms with Gasteiger partial charge >= 0.3 is 5.97 Å². The van der Waals surface area contributed by atoms with Gasteiger partial charge in [0.15, 0.2) is 11.5 Å². The molecule has 0 fully saturated rings. The van der Waals surface area contributed by atoms with Gasteiger partial charge in [0.05, 0.1) is 33.6 Å². The van der Waals surface area contributed by atoms with E-state index in [0.717, 1.165) is 5.56 Å². The molecule has 0 spiro atoms. The second-order valence-corrected chi connectivity index (χ2v) is 9.43. The van der Waals surface area contributed by atoms with Gasteiger partial charge in [-0.25, -0.2) is 4.79 Å². The molecule has 36 heavy (non-hydrogen) atoms. The first-order valence-electron chi connectivity index (χ1n) is 11.1. The summed E-state index contributed by atoms with van der Waals surface area (Å²) in [6, 6.07) is 17.7. The molecule has 1 amide bonds. The maximum atomic E-state index is 13.2. The van der Waals surface area contributed by atoms with E-state index >= 15 is 0 Å². The van der Waals surface area contributed by atoms with Gasteiger partial charge in [0.1, 0.15) is 6.61 Å². The van der Waals surface area contributed by atoms with Crippen LogP contribution in [-0.2, 0) is 11.4 Å². The summed E-state index contributed by atoms with van der Waals surface area (Å²) in [5.41, 5.74) is 3.04. The molecule has 0 aromatic heterocycles. The van der Waals surface area contributed by atoms with E-state index in [1.807, 2.05) is 37.3 Å². The number of aromatic carboxylic acids is 1. The van der Waals surface area contributed by atoms with Gasteiger partial charge in [0, 0.05) is 4.47 Å². The minimum atomic E-state index is -1.08. The molecule has 1 aliphatic heterocycles. The molecule has 0 unspecified atom stereocenters. The first-order valence-corrected chi connectivity index (χ1v) is 12.6. The standard InChI is InChI=1S/C27H22Br2N2O5/c1-3-35-22-14-19(23(28)24(29)25(22)36-15-17-8-5-4-6-9-17)13-21-16(2)30-31(26(21)32)20-11-7-10-18(12-20)27(33)34/h4-14H,3,15H2,1-2H3,(H,33,34). The lowest BCUT2D eigenvalue weighted by atomic mass is 10.1. The number of ether oxygens (including phenoxy) is 2. The van der Waals surface area contributed by atoms with Crippen LogP contribution in [0.25, 0.3) is 6.08 Å². The van der Waals surface area contributed by atoms with Gasteiger partial charge < -0.3 is 14.6 Å². The van der Waals surface area contributed by atoms with E-state index in [9.17, 15) is 14.7 Å². The molecule has 0 atom stereocenters. The van der Waals surface area contributed by atoms with Crippen LogP contribution in [0.15, 0.2) is 80.3 Å². The number of anilines is 1. The minimum absolute atomic E-state index is 0.0738. The minimum Gasteiger partial charge on any atom is -0.490 e. The monoisotopic (exact) mass is 612 g/mol. The lowest BCUT2D eigenvalue weighted by Crippen LogP contribution is -2.21. The van der Waals surface area contributed by atoms with Crippen LogP contribution in [0.1, 0.15) is 35.3 Å². The normalized spacial score (nSPS) is 14.2. The molecule has 1 heterocycles. The molecule has 0 bridgehead atoms. The maximum absolute atomic E-state index is 13.2. The third-order valence-corrected chi connectivity index (χ3v) is 7.52. The van der Waals surface area contributed by atoms with Crippen molar-refractivity contribution in [2.24, 2.45) is 5.10 Å². The van der Waals surface area contributed by atoms with Crippen molar-refractivity contribution >= 4 is 61.2 Å². The van der Waals surface area contributed by atoms with Crippen LogP contribution in [0.3, 0.4) is 0 Å². The van der Waals surface area contributed by atoms with Crippen LogP contribution < -0.4 is 14.5 Å². The van der Waals surface area contributed by atoms with Crippen LogP contribution in [0, 0.1) is 0 Å². The number of carbonyl (C=O) groups is 2. The van der Waals surface area contributed by atoms with Crippen molar-refractivity contribution in [1.29, 1.82) is 0 Å². The fourth-order valence-corrected chi connectivity index (χ4v) is 4.57. The first kappa shape index (κ1) is 25.7. The fraction of sp³-hybridized carbons (Fsp3) is 0.148. The van der Waals surface area contributed by atoms with Gasteiger partial charge in [-0.1, -0.05) is 36.4 Å². The number of carbonyl (C=O) groups excluding carboxylic acids is 1. The third-order valence-electron chi connectivity index (χ3n) is 5.38. The predicted octanol–water partition coefficient (Wildman–Crippen LogP) is 6.69. The topological polar surface area (TPSA) is 88.4 Å². The van der Waals surface area contributed by atoms with E-state index in [2.05, 4.69) is 37.0 Å². The molecule has 9 heteroatoms. The number of halogens is 2. The summed E-state index contributed by atoms with van der Waals surface area (Å²) in [5.74, 6) is -0.362. The highest BCUT2D eigenvalue weighted by Crippen LogP contribution is 2.44. The summed E-state index contributed by atoms with van der Waals surface area (Å²) < 4.78 is 13.3. The second-order valence-electron chi connectivity index (χ2n) is 7.84. The van der Waals surface area contributed by atoms with Crippen LogP contribution in [-0.4, -0.2) is 29.3 Å². The number of hydrogen-bond donors (Lipinski definition) is 1. The Morgan fingerprint density at radius 3 is 2.50 bits per heavy atom. The lowest BCUT2D eigenvalue weighted by Gasteiger charge is -2.17. The smallest absolute Gasteiger partial charge is 0.335 e. The molecule has 184 valence electrons. The van der Waals surface area contributed by atoms with E-state index in [1.165, 1.54) is 17.1 Å². The zero-order valence-corrected chi connectivity index (χ0v) is 22.7. The predicted molar refractivity (Wildman–Crippen MR) is 146 cm³/mol. The Labute approximate surface area is 225 Å². The number of rotatable bonds is 8. The van der Waals surface area contributed by atoms with E-state index in [-0.39, 0.29) is 11.5 Å². The van der Waals surface area contributed by atoms with Crippen LogP contribution in [0.4, 0.5) is 5.69 Å². The van der Waals surface area contributed by atoms with E-state index in [4.69, 9.17) is 9.47 Å². The average Bonchev–Trinajstić information content (AvgIpc) is 3.16. The van der Waals surface area contributed by atoms with Crippen LogP contribution in [0.5, 0.6) is 11.5 Å². The molecule has 0 radical (unpaired) electrons. The Kier molecular flexibility index (Phi) is 7.91. The van der Waals surface area contributed by atoms with Gasteiger partial charge in [-0.15, -0.1) is 0 Å². The van der Waals surface area contributed by atoms with Crippen molar-refractivity contribution < 1.29 is 24.2 Å². The zero-order chi connectivity index (χ0) is 25.8. The number of benzene rings is 3. The number of hydrazone groups is 1. The van der Waals surface area contributed by atoms with Crippen molar-refractivity contribution in [1.82, 2.24) is 0 Å². The third kappa shape index (κ3) is 5.37. The molecular weight excluding hydrogens is 592 g/mol. The summed E-state index contributed by atoms with van der Waals surface area (Å²) in [5, 5.41) is 14.9. The Morgan fingerprint density at radius 2 is 1.81 bits per heavy atom. The zero-order valence-electron chi connectivity index (χ0n) is 19.5. The van der Waals surface area contributed by atoms with E-state index < -0.39 is 5.97 Å². The molecule has 0 aliphatic carbocycles. The summed E-state index contributed by atoms with van der Waals surface area (Å²) >= 11 is 7.23. The van der Waals surface area contributed by atoms with Gasteiger partial charge in [-0.3, -0.25) is 4.79 Å². The van der Waals surface area contributed by atoms with Gasteiger partial charge in [-0.2, -0.15) is 10.1 Å². The van der Waals surface area contributed by atoms with Crippen molar-refractivity contribution in [2.45, 2.75) is 20.5 Å². The molecule has 4 rings (SSSR count). The Balaban J connectivity index is 1.67. The van der Waals surface area contributed by atoms with Crippen molar-refractivity contribution in [2.75, 3.05) is 11.6 Å². The van der Waals surface area contributed by atoms with Crippen LogP contribution in [0.2, 0.25) is 0 Å². The summed E-state index contributed by atoms with van der Waals surface area (Å²) in [6.45, 7) is 4.41. The number of carboxylic acid groups (broad SMARTS) is 1. The van der Waals surface area contributed by atoms with Crippen molar-refractivity contribution in [3.8, 4) is 11.5 Å². The maximum Gasteiger partial charge on any atom is 0.335 e. The molecule has 1 aliphatic rings. The summed E-state index contributed by atoms with van der Waals surface area (Å²) in [6.07, 6.45) is 1.72. The SMILES string of the molecule is CCOc1cc(C=C2C(=O)N(c3cccc(C(=O)O)c3)N=C2C)c(Br)c(Br)c1OCc1ccccc1. The molecule has 7 nitrogen and oxygen atoms in total. The summed E-state index contributed by atoms with van der Waals surface area (Å²) in [4.78, 5) is 24.6. The lowest BCUT2D eigenvalue weighted by molar-refractivity contribution is -0.114. The molecule has 0 saturated carbocycles. The molecule has 3 aromatic rings. The average molecular weight is 614 g/mol. The number of carboxylic acids is 1. The largest absolute Gasteiger partial charge is 0.490 e. The fourth-order valence-electron chi connectivity index (χ4n) is 3.62. The summed E-state index contributed by atoms with van der Waals surface area (Å²) in [7, 11) is 0. The highest BCUT2D eigenvalue weighted by Gasteiger charge is 2.30. The van der Waals surface area contributed by atoms with E-state index in [0.29, 0.717) is 56.2 Å². The van der Waals surface area contributed by atoms with E-state index in [1.54, 1.807) is 31.2 Å². The number of nitrogens with zero attached hydrogens (tertiary/aromatic N) is 2. The highest BCUT2D eigenvalue weighted by molar-refractivity contribution is 9.13. The highest BCUT2D eigenvalue weighted by atomic mass is 79.9. The van der Waals surface area contributed by atoms with Crippen LogP contribution >= 0.6 is 31.9 Å². The van der Waals surface area contributed by atoms with Gasteiger partial charge in [0.25, 0.3) is 5.91 Å². The number of amides is 1. The first-order chi connectivity index (χ1) is 17.3. The Bertz CT molecular complexity index is 1390. The Morgan fingerprint density at radius 1 is 1.06 bits per heavy atom.